The largest absolute Gasteiger partial charge is 0.507 e. The number of benzene rings is 2. The molecular formula is C14H10Cl2N2O4. The first-order valence-electron chi connectivity index (χ1n) is 5.96. The fourth-order valence-corrected chi connectivity index (χ4v) is 1.96. The van der Waals surface area contributed by atoms with Gasteiger partial charge in [-0.25, -0.2) is 9.59 Å². The number of urea groups is 1. The first-order chi connectivity index (χ1) is 10.4. The number of carboxylic acid groups (broad SMARTS) is 1. The Morgan fingerprint density at radius 2 is 1.50 bits per heavy atom. The number of rotatable bonds is 3. The molecule has 0 aliphatic heterocycles. The van der Waals surface area contributed by atoms with E-state index in [0.29, 0.717) is 15.7 Å². The SMILES string of the molecule is O=C(Nc1ccc(C(=O)O)c(O)c1)Nc1ccc(Cl)c(Cl)c1. The Morgan fingerprint density at radius 3 is 2.05 bits per heavy atom. The van der Waals surface area contributed by atoms with Crippen LogP contribution in [0, 0.1) is 0 Å². The van der Waals surface area contributed by atoms with E-state index in [2.05, 4.69) is 10.6 Å². The normalized spacial score (nSPS) is 10.1. The molecule has 0 radical (unpaired) electrons. The van der Waals surface area contributed by atoms with Crippen molar-refractivity contribution < 1.29 is 19.8 Å². The van der Waals surface area contributed by atoms with E-state index in [0.717, 1.165) is 6.07 Å². The molecule has 2 aromatic rings. The van der Waals surface area contributed by atoms with Gasteiger partial charge in [0.15, 0.2) is 0 Å². The minimum absolute atomic E-state index is 0.236. The van der Waals surface area contributed by atoms with E-state index in [1.165, 1.54) is 24.3 Å². The molecule has 0 aliphatic carbocycles. The molecule has 4 N–H and O–H groups in total. The molecule has 0 heterocycles. The number of hydrogen-bond acceptors (Lipinski definition) is 3. The molecule has 0 atom stereocenters. The van der Waals surface area contributed by atoms with Crippen LogP contribution in [0.3, 0.4) is 0 Å². The number of anilines is 2. The van der Waals surface area contributed by atoms with Crippen molar-refractivity contribution in [2.75, 3.05) is 10.6 Å². The number of phenols is 1. The van der Waals surface area contributed by atoms with E-state index < -0.39 is 17.7 Å². The second kappa shape index (κ2) is 6.55. The molecule has 22 heavy (non-hydrogen) atoms. The minimum Gasteiger partial charge on any atom is -0.507 e. The van der Waals surface area contributed by atoms with Gasteiger partial charge in [-0.05, 0) is 30.3 Å². The Hall–Kier alpha value is -2.44. The number of amides is 2. The second-order valence-electron chi connectivity index (χ2n) is 4.25. The predicted octanol–water partition coefficient (Wildman–Crippen LogP) is 4.04. The van der Waals surface area contributed by atoms with E-state index >= 15 is 0 Å². The summed E-state index contributed by atoms with van der Waals surface area (Å²) < 4.78 is 0. The highest BCUT2D eigenvalue weighted by Crippen LogP contribution is 2.25. The molecule has 0 bridgehead atoms. The average molecular weight is 341 g/mol. The summed E-state index contributed by atoms with van der Waals surface area (Å²) in [5.41, 5.74) is 0.411. The Balaban J connectivity index is 2.07. The van der Waals surface area contributed by atoms with E-state index in [9.17, 15) is 14.7 Å². The monoisotopic (exact) mass is 340 g/mol. The van der Waals surface area contributed by atoms with Gasteiger partial charge in [0.1, 0.15) is 11.3 Å². The van der Waals surface area contributed by atoms with Crippen molar-refractivity contribution in [3.63, 3.8) is 0 Å². The van der Waals surface area contributed by atoms with Gasteiger partial charge in [-0.2, -0.15) is 0 Å². The number of halogens is 2. The third kappa shape index (κ3) is 3.81. The van der Waals surface area contributed by atoms with Crippen LogP contribution in [0.2, 0.25) is 10.0 Å². The van der Waals surface area contributed by atoms with E-state index in [4.69, 9.17) is 28.3 Å². The van der Waals surface area contributed by atoms with Crippen molar-refractivity contribution in [2.45, 2.75) is 0 Å². The van der Waals surface area contributed by atoms with Gasteiger partial charge in [-0.15, -0.1) is 0 Å². The van der Waals surface area contributed by atoms with Crippen molar-refractivity contribution in [1.29, 1.82) is 0 Å². The van der Waals surface area contributed by atoms with Crippen LogP contribution in [0.5, 0.6) is 5.75 Å². The summed E-state index contributed by atoms with van der Waals surface area (Å²) in [6.07, 6.45) is 0. The zero-order valence-electron chi connectivity index (χ0n) is 10.9. The highest BCUT2D eigenvalue weighted by molar-refractivity contribution is 6.42. The molecule has 2 rings (SSSR count). The maximum absolute atomic E-state index is 11.8. The number of nitrogens with one attached hydrogen (secondary N) is 2. The van der Waals surface area contributed by atoms with E-state index in [-0.39, 0.29) is 11.3 Å². The van der Waals surface area contributed by atoms with Crippen LogP contribution < -0.4 is 10.6 Å². The molecule has 0 saturated carbocycles. The standard InChI is InChI=1S/C14H10Cl2N2O4/c15-10-4-2-7(5-11(10)16)17-14(22)18-8-1-3-9(13(20)21)12(19)6-8/h1-6,19H,(H,20,21)(H2,17,18,22). The van der Waals surface area contributed by atoms with E-state index in [1.807, 2.05) is 0 Å². The number of aromatic carboxylic acids is 1. The molecular weight excluding hydrogens is 331 g/mol. The van der Waals surface area contributed by atoms with Crippen molar-refractivity contribution in [3.8, 4) is 5.75 Å². The highest BCUT2D eigenvalue weighted by atomic mass is 35.5. The molecule has 0 aliphatic rings. The fourth-order valence-electron chi connectivity index (χ4n) is 1.66. The smallest absolute Gasteiger partial charge is 0.339 e. The number of carboxylic acids is 1. The van der Waals surface area contributed by atoms with Crippen molar-refractivity contribution >= 4 is 46.6 Å². The molecule has 2 amide bonds. The number of carbonyl (C=O) groups is 2. The quantitative estimate of drug-likeness (QED) is 0.677. The summed E-state index contributed by atoms with van der Waals surface area (Å²) in [5.74, 6) is -1.70. The van der Waals surface area contributed by atoms with Crippen LogP contribution in [-0.4, -0.2) is 22.2 Å². The lowest BCUT2D eigenvalue weighted by atomic mass is 10.2. The van der Waals surface area contributed by atoms with Gasteiger partial charge in [0, 0.05) is 17.4 Å². The van der Waals surface area contributed by atoms with Crippen LogP contribution in [0.25, 0.3) is 0 Å². The molecule has 0 spiro atoms. The van der Waals surface area contributed by atoms with E-state index in [1.54, 1.807) is 6.07 Å². The van der Waals surface area contributed by atoms with Crippen LogP contribution in [0.4, 0.5) is 16.2 Å². The molecule has 6 nitrogen and oxygen atoms in total. The third-order valence-corrected chi connectivity index (χ3v) is 3.40. The van der Waals surface area contributed by atoms with Crippen molar-refractivity contribution in [2.24, 2.45) is 0 Å². The first-order valence-corrected chi connectivity index (χ1v) is 6.72. The van der Waals surface area contributed by atoms with Crippen LogP contribution >= 0.6 is 23.2 Å². The topological polar surface area (TPSA) is 98.7 Å². The molecule has 0 saturated heterocycles. The van der Waals surface area contributed by atoms with Gasteiger partial charge in [0.2, 0.25) is 0 Å². The zero-order chi connectivity index (χ0) is 16.3. The summed E-state index contributed by atoms with van der Waals surface area (Å²) in [6, 6.07) is 7.68. The number of hydrogen-bond donors (Lipinski definition) is 4. The Bertz CT molecular complexity index is 750. The molecule has 0 fully saturated rings. The average Bonchev–Trinajstić information content (AvgIpc) is 2.42. The van der Waals surface area contributed by atoms with Crippen molar-refractivity contribution in [1.82, 2.24) is 0 Å². The predicted molar refractivity (Wildman–Crippen MR) is 84.2 cm³/mol. The lowest BCUT2D eigenvalue weighted by molar-refractivity contribution is 0.0694. The van der Waals surface area contributed by atoms with Gasteiger partial charge in [-0.1, -0.05) is 23.2 Å². The minimum atomic E-state index is -1.26. The molecule has 8 heteroatoms. The van der Waals surface area contributed by atoms with Crippen LogP contribution in [0.15, 0.2) is 36.4 Å². The Morgan fingerprint density at radius 1 is 0.909 bits per heavy atom. The highest BCUT2D eigenvalue weighted by Gasteiger charge is 2.11. The number of aromatic hydroxyl groups is 1. The maximum atomic E-state index is 11.8. The lowest BCUT2D eigenvalue weighted by Crippen LogP contribution is -2.19. The van der Waals surface area contributed by atoms with Gasteiger partial charge < -0.3 is 20.8 Å². The summed E-state index contributed by atoms with van der Waals surface area (Å²) in [6.45, 7) is 0. The van der Waals surface area contributed by atoms with Crippen LogP contribution in [-0.2, 0) is 0 Å². The summed E-state index contributed by atoms with van der Waals surface area (Å²) in [4.78, 5) is 22.6. The molecule has 2 aromatic carbocycles. The summed E-state index contributed by atoms with van der Waals surface area (Å²) >= 11 is 11.6. The summed E-state index contributed by atoms with van der Waals surface area (Å²) in [7, 11) is 0. The van der Waals surface area contributed by atoms with Gasteiger partial charge in [0.05, 0.1) is 10.0 Å². The van der Waals surface area contributed by atoms with Crippen molar-refractivity contribution in [3.05, 3.63) is 52.0 Å². The fraction of sp³-hybridized carbons (Fsp3) is 0. The van der Waals surface area contributed by atoms with Gasteiger partial charge in [0.25, 0.3) is 0 Å². The maximum Gasteiger partial charge on any atom is 0.339 e. The lowest BCUT2D eigenvalue weighted by Gasteiger charge is -2.09. The zero-order valence-corrected chi connectivity index (χ0v) is 12.4. The van der Waals surface area contributed by atoms with Crippen LogP contribution in [0.1, 0.15) is 10.4 Å². The molecule has 0 unspecified atom stereocenters. The second-order valence-corrected chi connectivity index (χ2v) is 5.06. The molecule has 0 aromatic heterocycles. The Kier molecular flexibility index (Phi) is 4.75. The Labute approximate surface area is 135 Å². The third-order valence-electron chi connectivity index (χ3n) is 2.66. The number of carbonyl (C=O) groups excluding carboxylic acids is 1. The summed E-state index contributed by atoms with van der Waals surface area (Å²) in [5, 5.41) is 24.0. The molecule has 114 valence electrons. The first kappa shape index (κ1) is 15.9. The van der Waals surface area contributed by atoms with Gasteiger partial charge in [-0.3, -0.25) is 0 Å². The van der Waals surface area contributed by atoms with Gasteiger partial charge >= 0.3 is 12.0 Å².